The van der Waals surface area contributed by atoms with Crippen molar-refractivity contribution in [3.63, 3.8) is 0 Å². The summed E-state index contributed by atoms with van der Waals surface area (Å²) in [4.78, 5) is 4.60. The quantitative estimate of drug-likeness (QED) is 0.550. The highest BCUT2D eigenvalue weighted by Gasteiger charge is 2.35. The Hall–Kier alpha value is -0.770. The van der Waals surface area contributed by atoms with Crippen molar-refractivity contribution in [2.45, 2.75) is 83.9 Å². The Morgan fingerprint density at radius 1 is 1.15 bits per heavy atom. The van der Waals surface area contributed by atoms with Gasteiger partial charge in [-0.25, -0.2) is 0 Å². The SMILES string of the molecule is CCN=C(NC1CCC(O)CC1)NC1CCCC1(C)C. The number of aliphatic imine (C=N–C) groups is 1. The summed E-state index contributed by atoms with van der Waals surface area (Å²) in [6.45, 7) is 7.57. The molecular weight excluding hydrogens is 250 g/mol. The maximum absolute atomic E-state index is 9.59. The van der Waals surface area contributed by atoms with E-state index in [4.69, 9.17) is 0 Å². The number of nitrogens with one attached hydrogen (secondary N) is 2. The lowest BCUT2D eigenvalue weighted by Crippen LogP contribution is -2.51. The van der Waals surface area contributed by atoms with Gasteiger partial charge in [-0.15, -0.1) is 0 Å². The van der Waals surface area contributed by atoms with Gasteiger partial charge in [0.05, 0.1) is 6.10 Å². The van der Waals surface area contributed by atoms with E-state index >= 15 is 0 Å². The molecule has 4 heteroatoms. The smallest absolute Gasteiger partial charge is 0.191 e. The van der Waals surface area contributed by atoms with Crippen molar-refractivity contribution in [3.05, 3.63) is 0 Å². The second-order valence-corrected chi connectivity index (χ2v) is 7.05. The van der Waals surface area contributed by atoms with Gasteiger partial charge in [0.1, 0.15) is 0 Å². The van der Waals surface area contributed by atoms with Gasteiger partial charge in [0, 0.05) is 18.6 Å². The lowest BCUT2D eigenvalue weighted by Gasteiger charge is -2.32. The molecule has 2 saturated carbocycles. The van der Waals surface area contributed by atoms with Crippen LogP contribution in [0.5, 0.6) is 0 Å². The molecule has 1 unspecified atom stereocenters. The van der Waals surface area contributed by atoms with Crippen molar-refractivity contribution in [1.82, 2.24) is 10.6 Å². The third kappa shape index (κ3) is 4.11. The molecule has 0 heterocycles. The molecule has 20 heavy (non-hydrogen) atoms. The Bertz CT molecular complexity index is 333. The van der Waals surface area contributed by atoms with Crippen LogP contribution in [0.4, 0.5) is 0 Å². The van der Waals surface area contributed by atoms with E-state index in [2.05, 4.69) is 36.4 Å². The lowest BCUT2D eigenvalue weighted by atomic mass is 9.87. The number of hydrogen-bond acceptors (Lipinski definition) is 2. The highest BCUT2D eigenvalue weighted by molar-refractivity contribution is 5.80. The van der Waals surface area contributed by atoms with Crippen molar-refractivity contribution in [3.8, 4) is 0 Å². The van der Waals surface area contributed by atoms with Gasteiger partial charge in [0.25, 0.3) is 0 Å². The molecule has 0 aromatic heterocycles. The molecule has 0 radical (unpaired) electrons. The summed E-state index contributed by atoms with van der Waals surface area (Å²) in [6, 6.07) is 0.982. The normalized spacial score (nSPS) is 34.0. The molecule has 0 bridgehead atoms. The van der Waals surface area contributed by atoms with Gasteiger partial charge in [0.15, 0.2) is 5.96 Å². The Kier molecular flexibility index (Phi) is 5.30. The largest absolute Gasteiger partial charge is 0.393 e. The van der Waals surface area contributed by atoms with Crippen LogP contribution < -0.4 is 10.6 Å². The first-order valence-corrected chi connectivity index (χ1v) is 8.27. The third-order valence-corrected chi connectivity index (χ3v) is 4.92. The zero-order valence-corrected chi connectivity index (χ0v) is 13.3. The average molecular weight is 281 g/mol. The summed E-state index contributed by atoms with van der Waals surface area (Å²) in [7, 11) is 0. The van der Waals surface area contributed by atoms with Crippen molar-refractivity contribution >= 4 is 5.96 Å². The minimum Gasteiger partial charge on any atom is -0.393 e. The van der Waals surface area contributed by atoms with E-state index in [1.807, 2.05) is 0 Å². The summed E-state index contributed by atoms with van der Waals surface area (Å²) < 4.78 is 0. The van der Waals surface area contributed by atoms with Gasteiger partial charge in [-0.3, -0.25) is 4.99 Å². The molecule has 4 nitrogen and oxygen atoms in total. The van der Waals surface area contributed by atoms with E-state index in [9.17, 15) is 5.11 Å². The van der Waals surface area contributed by atoms with Crippen molar-refractivity contribution in [1.29, 1.82) is 0 Å². The van der Waals surface area contributed by atoms with Gasteiger partial charge in [-0.1, -0.05) is 20.3 Å². The molecule has 0 amide bonds. The van der Waals surface area contributed by atoms with E-state index in [1.165, 1.54) is 19.3 Å². The number of rotatable bonds is 3. The molecule has 0 aromatic rings. The first-order chi connectivity index (χ1) is 9.51. The maximum atomic E-state index is 9.59. The van der Waals surface area contributed by atoms with E-state index in [-0.39, 0.29) is 6.10 Å². The number of aliphatic hydroxyl groups excluding tert-OH is 1. The molecule has 2 rings (SSSR count). The lowest BCUT2D eigenvalue weighted by molar-refractivity contribution is 0.120. The van der Waals surface area contributed by atoms with Gasteiger partial charge in [0.2, 0.25) is 0 Å². The fourth-order valence-corrected chi connectivity index (χ4v) is 3.46. The highest BCUT2D eigenvalue weighted by atomic mass is 16.3. The zero-order chi connectivity index (χ0) is 14.6. The number of aliphatic hydroxyl groups is 1. The average Bonchev–Trinajstić information content (AvgIpc) is 2.72. The number of guanidine groups is 1. The summed E-state index contributed by atoms with van der Waals surface area (Å²) >= 11 is 0. The van der Waals surface area contributed by atoms with Crippen molar-refractivity contribution in [2.24, 2.45) is 10.4 Å². The van der Waals surface area contributed by atoms with Gasteiger partial charge < -0.3 is 15.7 Å². The van der Waals surface area contributed by atoms with E-state index < -0.39 is 0 Å². The Labute approximate surface area is 123 Å². The molecule has 0 saturated heterocycles. The number of nitrogens with zero attached hydrogens (tertiary/aromatic N) is 1. The van der Waals surface area contributed by atoms with E-state index in [1.54, 1.807) is 0 Å². The minimum absolute atomic E-state index is 0.0960. The summed E-state index contributed by atoms with van der Waals surface area (Å²) in [6.07, 6.45) is 7.64. The molecule has 3 N–H and O–H groups in total. The van der Waals surface area contributed by atoms with Crippen LogP contribution in [0, 0.1) is 5.41 Å². The van der Waals surface area contributed by atoms with Gasteiger partial charge in [-0.2, -0.15) is 0 Å². The van der Waals surface area contributed by atoms with Crippen LogP contribution in [-0.4, -0.2) is 35.8 Å². The number of hydrogen-bond donors (Lipinski definition) is 3. The fourth-order valence-electron chi connectivity index (χ4n) is 3.46. The summed E-state index contributed by atoms with van der Waals surface area (Å²) in [5.74, 6) is 0.967. The van der Waals surface area contributed by atoms with Gasteiger partial charge >= 0.3 is 0 Å². The van der Waals surface area contributed by atoms with Crippen LogP contribution in [0.3, 0.4) is 0 Å². The molecule has 2 aliphatic rings. The predicted molar refractivity (Wildman–Crippen MR) is 83.9 cm³/mol. The topological polar surface area (TPSA) is 56.7 Å². The van der Waals surface area contributed by atoms with E-state index in [0.29, 0.717) is 17.5 Å². The molecular formula is C16H31N3O. The van der Waals surface area contributed by atoms with E-state index in [0.717, 1.165) is 38.2 Å². The van der Waals surface area contributed by atoms with Crippen molar-refractivity contribution in [2.75, 3.05) is 6.54 Å². The first kappa shape index (κ1) is 15.6. The second-order valence-electron chi connectivity index (χ2n) is 7.05. The maximum Gasteiger partial charge on any atom is 0.191 e. The monoisotopic (exact) mass is 281 g/mol. The summed E-state index contributed by atoms with van der Waals surface area (Å²) in [5, 5.41) is 16.8. The predicted octanol–water partition coefficient (Wildman–Crippen LogP) is 2.42. The molecule has 0 spiro atoms. The third-order valence-electron chi connectivity index (χ3n) is 4.92. The molecule has 0 aromatic carbocycles. The van der Waals surface area contributed by atoms with Gasteiger partial charge in [-0.05, 0) is 50.9 Å². The fraction of sp³-hybridized carbons (Fsp3) is 0.938. The van der Waals surface area contributed by atoms with Crippen LogP contribution in [0.15, 0.2) is 4.99 Å². The Morgan fingerprint density at radius 3 is 2.40 bits per heavy atom. The van der Waals surface area contributed by atoms with Crippen LogP contribution >= 0.6 is 0 Å². The molecule has 116 valence electrons. The van der Waals surface area contributed by atoms with Crippen LogP contribution in [-0.2, 0) is 0 Å². The Morgan fingerprint density at radius 2 is 1.85 bits per heavy atom. The molecule has 1 atom stereocenters. The second kappa shape index (κ2) is 6.79. The molecule has 2 fully saturated rings. The standard InChI is InChI=1S/C16H31N3O/c1-4-17-15(18-12-7-9-13(20)10-8-12)19-14-6-5-11-16(14,2)3/h12-14,20H,4-11H2,1-3H3,(H2,17,18,19). The van der Waals surface area contributed by atoms with Crippen molar-refractivity contribution < 1.29 is 5.11 Å². The minimum atomic E-state index is -0.0960. The summed E-state index contributed by atoms with van der Waals surface area (Å²) in [5.41, 5.74) is 0.360. The highest BCUT2D eigenvalue weighted by Crippen LogP contribution is 2.37. The van der Waals surface area contributed by atoms with Crippen LogP contribution in [0.25, 0.3) is 0 Å². The Balaban J connectivity index is 1.89. The van der Waals surface area contributed by atoms with Crippen LogP contribution in [0.2, 0.25) is 0 Å². The molecule has 0 aliphatic heterocycles. The van der Waals surface area contributed by atoms with Crippen LogP contribution in [0.1, 0.15) is 65.7 Å². The molecule has 2 aliphatic carbocycles. The zero-order valence-electron chi connectivity index (χ0n) is 13.3. The first-order valence-electron chi connectivity index (χ1n) is 8.27.